The van der Waals surface area contributed by atoms with Crippen LogP contribution in [0.5, 0.6) is 0 Å². The molecule has 3 heterocycles. The van der Waals surface area contributed by atoms with Crippen molar-refractivity contribution in [3.05, 3.63) is 53.2 Å². The Hall–Kier alpha value is -2.13. The first-order valence-electron chi connectivity index (χ1n) is 11.5. The Balaban J connectivity index is 2.25. The molecule has 0 amide bonds. The Morgan fingerprint density at radius 3 is 2.17 bits per heavy atom. The van der Waals surface area contributed by atoms with E-state index in [1.165, 1.54) is 38.4 Å². The minimum atomic E-state index is -1.75. The lowest BCUT2D eigenvalue weighted by Gasteiger charge is -2.42. The molecule has 0 aliphatic carbocycles. The van der Waals surface area contributed by atoms with E-state index in [9.17, 15) is 0 Å². The zero-order valence-electron chi connectivity index (χ0n) is 20.0. The molecule has 30 heavy (non-hydrogen) atoms. The van der Waals surface area contributed by atoms with E-state index in [2.05, 4.69) is 107 Å². The van der Waals surface area contributed by atoms with Crippen molar-refractivity contribution in [1.82, 2.24) is 4.68 Å². The maximum absolute atomic E-state index is 2.61. The zero-order chi connectivity index (χ0) is 21.7. The summed E-state index contributed by atoms with van der Waals surface area (Å²) >= 11 is 0. The molecule has 0 saturated heterocycles. The fourth-order valence-corrected chi connectivity index (χ4v) is 9.14. The van der Waals surface area contributed by atoms with E-state index < -0.39 is 8.07 Å². The van der Waals surface area contributed by atoms with Crippen molar-refractivity contribution in [2.75, 3.05) is 0 Å². The summed E-state index contributed by atoms with van der Waals surface area (Å²) < 4.78 is 5.18. The Morgan fingerprint density at radius 1 is 0.900 bits per heavy atom. The average Bonchev–Trinajstić information content (AvgIpc) is 2.99. The van der Waals surface area contributed by atoms with Crippen LogP contribution >= 0.6 is 0 Å². The lowest BCUT2D eigenvalue weighted by Crippen LogP contribution is -2.59. The van der Waals surface area contributed by atoms with E-state index in [0.29, 0.717) is 12.0 Å². The third kappa shape index (κ3) is 2.12. The second kappa shape index (κ2) is 5.97. The van der Waals surface area contributed by atoms with Crippen molar-refractivity contribution in [3.8, 4) is 0 Å². The lowest BCUT2D eigenvalue weighted by molar-refractivity contribution is -0.586. The topological polar surface area (TPSA) is 9.03 Å². The Bertz CT molecular complexity index is 1330. The molecule has 5 rings (SSSR count). The van der Waals surface area contributed by atoms with Crippen LogP contribution in [0, 0.1) is 6.92 Å². The minimum Gasteiger partial charge on any atom is -0.149 e. The monoisotopic (exact) mass is 415 g/mol. The molecule has 0 radical (unpaired) electrons. The molecule has 4 aromatic rings. The first kappa shape index (κ1) is 19.8. The summed E-state index contributed by atoms with van der Waals surface area (Å²) in [5.74, 6) is 0.478. The molecule has 1 aliphatic heterocycles. The lowest BCUT2D eigenvalue weighted by atomic mass is 9.93. The first-order chi connectivity index (χ1) is 14.0. The highest BCUT2D eigenvalue weighted by molar-refractivity contribution is 6.94. The number of pyridine rings is 1. The average molecular weight is 416 g/mol. The first-order valence-corrected chi connectivity index (χ1v) is 14.5. The summed E-state index contributed by atoms with van der Waals surface area (Å²) in [5.41, 5.74) is 7.32. The van der Waals surface area contributed by atoms with Gasteiger partial charge in [0, 0.05) is 10.9 Å². The molecule has 0 atom stereocenters. The fourth-order valence-electron chi connectivity index (χ4n) is 6.15. The third-order valence-electron chi connectivity index (χ3n) is 8.21. The van der Waals surface area contributed by atoms with E-state index in [1.807, 2.05) is 0 Å². The van der Waals surface area contributed by atoms with Crippen LogP contribution in [0.3, 0.4) is 0 Å². The number of benzene rings is 2. The molecule has 2 aromatic heterocycles. The summed E-state index contributed by atoms with van der Waals surface area (Å²) in [5, 5.41) is 6.13. The highest BCUT2D eigenvalue weighted by atomic mass is 28.3. The van der Waals surface area contributed by atoms with E-state index in [4.69, 9.17) is 0 Å². The Morgan fingerprint density at radius 2 is 1.53 bits per heavy atom. The summed E-state index contributed by atoms with van der Waals surface area (Å²) in [7, 11) is -1.75. The quantitative estimate of drug-likeness (QED) is 0.207. The Labute approximate surface area is 181 Å². The van der Waals surface area contributed by atoms with Crippen LogP contribution in [-0.2, 0) is 5.04 Å². The van der Waals surface area contributed by atoms with Gasteiger partial charge in [-0.1, -0.05) is 75.6 Å². The van der Waals surface area contributed by atoms with Crippen molar-refractivity contribution in [2.45, 2.75) is 78.6 Å². The van der Waals surface area contributed by atoms with Crippen LogP contribution in [0.4, 0.5) is 0 Å². The molecule has 0 N–H and O–H groups in total. The number of nitrogens with zero attached hydrogens (tertiary/aromatic N) is 2. The van der Waals surface area contributed by atoms with Gasteiger partial charge >= 0.3 is 0 Å². The van der Waals surface area contributed by atoms with Gasteiger partial charge in [-0.25, -0.2) is 0 Å². The van der Waals surface area contributed by atoms with E-state index >= 15 is 0 Å². The predicted molar refractivity (Wildman–Crippen MR) is 132 cm³/mol. The van der Waals surface area contributed by atoms with Gasteiger partial charge in [0.05, 0.1) is 36.1 Å². The molecule has 2 nitrogen and oxygen atoms in total. The van der Waals surface area contributed by atoms with Crippen LogP contribution in [0.2, 0.25) is 13.1 Å². The molecule has 0 bridgehead atoms. The van der Waals surface area contributed by atoms with Gasteiger partial charge in [0.1, 0.15) is 0 Å². The molecule has 156 valence electrons. The van der Waals surface area contributed by atoms with Crippen LogP contribution in [0.15, 0.2) is 36.4 Å². The summed E-state index contributed by atoms with van der Waals surface area (Å²) in [6.07, 6.45) is 0. The second-order valence-electron chi connectivity index (χ2n) is 10.9. The van der Waals surface area contributed by atoms with Gasteiger partial charge in [0.2, 0.25) is 11.0 Å². The number of para-hydroxylation sites is 1. The standard InChI is InChI=1S/C27H35N2Si/c1-16(2)19-12-10-14-21-20-13-11-15-22-23(20)26-24(27(6,7)30(22,8)9)18(5)28(17(3)4)29(26)25(19)21/h10-17H,1-9H3/q+1. The molecule has 0 saturated carbocycles. The summed E-state index contributed by atoms with van der Waals surface area (Å²) in [6, 6.07) is 14.4. The van der Waals surface area contributed by atoms with Crippen molar-refractivity contribution in [1.29, 1.82) is 0 Å². The van der Waals surface area contributed by atoms with Gasteiger partial charge in [-0.15, -0.1) is 4.68 Å². The number of rotatable bonds is 2. The molecule has 3 heteroatoms. The molecular formula is C27H35N2Si+. The SMILES string of the molecule is Cc1c2c3c4c(cccc4c4cccc(C(C)C)c4[n+]3n1C(C)C)[Si](C)(C)C2(C)C. The largest absolute Gasteiger partial charge is 0.249 e. The maximum atomic E-state index is 2.61. The van der Waals surface area contributed by atoms with Crippen LogP contribution in [0.25, 0.3) is 27.2 Å². The third-order valence-corrected chi connectivity index (χ3v) is 13.4. The molecule has 0 spiro atoms. The maximum Gasteiger partial charge on any atom is 0.249 e. The van der Waals surface area contributed by atoms with E-state index in [1.54, 1.807) is 10.8 Å². The van der Waals surface area contributed by atoms with Crippen LogP contribution in [-0.4, -0.2) is 12.8 Å². The van der Waals surface area contributed by atoms with Gasteiger partial charge in [-0.3, -0.25) is 0 Å². The van der Waals surface area contributed by atoms with Crippen molar-refractivity contribution < 1.29 is 4.52 Å². The summed E-state index contributed by atoms with van der Waals surface area (Å²) in [6.45, 7) is 21.8. The smallest absolute Gasteiger partial charge is 0.149 e. The predicted octanol–water partition coefficient (Wildman–Crippen LogP) is 6.29. The molecular weight excluding hydrogens is 380 g/mol. The molecule has 2 aromatic carbocycles. The van der Waals surface area contributed by atoms with Crippen LogP contribution < -0.4 is 9.70 Å². The number of aromatic nitrogens is 2. The minimum absolute atomic E-state index is 0.171. The van der Waals surface area contributed by atoms with Crippen molar-refractivity contribution >= 4 is 40.5 Å². The molecule has 0 unspecified atom stereocenters. The molecule has 0 fully saturated rings. The van der Waals surface area contributed by atoms with Gasteiger partial charge in [-0.05, 0) is 43.0 Å². The fraction of sp³-hybridized carbons (Fsp3) is 0.444. The zero-order valence-corrected chi connectivity index (χ0v) is 21.0. The second-order valence-corrected chi connectivity index (χ2v) is 16.0. The van der Waals surface area contributed by atoms with Crippen molar-refractivity contribution in [3.63, 3.8) is 0 Å². The number of hydrogen-bond donors (Lipinski definition) is 0. The number of fused-ring (bicyclic) bond motifs is 3. The van der Waals surface area contributed by atoms with Gasteiger partial charge in [0.25, 0.3) is 0 Å². The van der Waals surface area contributed by atoms with Crippen molar-refractivity contribution in [2.24, 2.45) is 0 Å². The van der Waals surface area contributed by atoms with Gasteiger partial charge in [0.15, 0.2) is 0 Å². The highest BCUT2D eigenvalue weighted by Crippen LogP contribution is 2.45. The van der Waals surface area contributed by atoms with E-state index in [-0.39, 0.29) is 5.04 Å². The normalized spacial score (nSPS) is 17.3. The summed E-state index contributed by atoms with van der Waals surface area (Å²) in [4.78, 5) is 0. The van der Waals surface area contributed by atoms with Gasteiger partial charge in [-0.2, -0.15) is 0 Å². The van der Waals surface area contributed by atoms with E-state index in [0.717, 1.165) is 0 Å². The van der Waals surface area contributed by atoms with Crippen LogP contribution in [0.1, 0.15) is 70.3 Å². The van der Waals surface area contributed by atoms with Gasteiger partial charge < -0.3 is 0 Å². The Kier molecular flexibility index (Phi) is 3.94. The number of hydrogen-bond acceptors (Lipinski definition) is 0. The highest BCUT2D eigenvalue weighted by Gasteiger charge is 2.52. The molecule has 1 aliphatic rings.